The second-order valence-corrected chi connectivity index (χ2v) is 5.09. The zero-order chi connectivity index (χ0) is 14.5. The molecule has 4 nitrogen and oxygen atoms in total. The number of hydrogen-bond acceptors (Lipinski definition) is 4. The first kappa shape index (κ1) is 13.6. The van der Waals surface area contributed by atoms with Crippen molar-refractivity contribution in [1.82, 2.24) is 10.3 Å². The lowest BCUT2D eigenvalue weighted by Gasteiger charge is -2.18. The molecule has 1 aromatic carbocycles. The Hall–Kier alpha value is -2.33. The molecule has 3 rings (SSSR count). The highest BCUT2D eigenvalue weighted by Gasteiger charge is 2.11. The second kappa shape index (κ2) is 6.41. The first-order valence-corrected chi connectivity index (χ1v) is 7.18. The van der Waals surface area contributed by atoms with Crippen LogP contribution in [0, 0.1) is 0 Å². The van der Waals surface area contributed by atoms with Gasteiger partial charge in [0.05, 0.1) is 18.3 Å². The summed E-state index contributed by atoms with van der Waals surface area (Å²) in [4.78, 5) is 4.29. The number of aliphatic hydroxyl groups is 1. The molecule has 0 fully saturated rings. The summed E-state index contributed by atoms with van der Waals surface area (Å²) in [6.45, 7) is 1.02. The summed E-state index contributed by atoms with van der Waals surface area (Å²) in [5.74, 6) is 0. The first-order chi connectivity index (χ1) is 10.4. The fourth-order valence-corrected chi connectivity index (χ4v) is 2.50. The molecular weight excluding hydrogens is 262 g/mol. The van der Waals surface area contributed by atoms with Crippen LogP contribution >= 0.6 is 0 Å². The molecule has 0 aliphatic carbocycles. The second-order valence-electron chi connectivity index (χ2n) is 5.09. The van der Waals surface area contributed by atoms with Crippen molar-refractivity contribution >= 4 is 11.4 Å². The van der Waals surface area contributed by atoms with E-state index in [4.69, 9.17) is 0 Å². The molecule has 1 aromatic heterocycles. The highest BCUT2D eigenvalue weighted by atomic mass is 16.3. The van der Waals surface area contributed by atoms with E-state index in [0.29, 0.717) is 0 Å². The van der Waals surface area contributed by atoms with Gasteiger partial charge in [0.15, 0.2) is 0 Å². The monoisotopic (exact) mass is 281 g/mol. The summed E-state index contributed by atoms with van der Waals surface area (Å²) >= 11 is 0. The zero-order valence-corrected chi connectivity index (χ0v) is 11.8. The SMILES string of the molecule is OC[C@H](Nc1cncc(C2=CCCN2)c1)c1ccccc1. The van der Waals surface area contributed by atoms with Crippen LogP contribution in [0.25, 0.3) is 5.70 Å². The number of rotatable bonds is 5. The Bertz CT molecular complexity index is 625. The third-order valence-corrected chi connectivity index (χ3v) is 3.58. The molecule has 1 atom stereocenters. The minimum absolute atomic E-state index is 0.0369. The Balaban J connectivity index is 1.79. The van der Waals surface area contributed by atoms with E-state index in [0.717, 1.165) is 35.5 Å². The van der Waals surface area contributed by atoms with Gasteiger partial charge in [-0.15, -0.1) is 0 Å². The van der Waals surface area contributed by atoms with E-state index in [2.05, 4.69) is 27.8 Å². The van der Waals surface area contributed by atoms with Gasteiger partial charge in [-0.1, -0.05) is 36.4 Å². The Morgan fingerprint density at radius 2 is 2.10 bits per heavy atom. The van der Waals surface area contributed by atoms with Gasteiger partial charge < -0.3 is 15.7 Å². The summed E-state index contributed by atoms with van der Waals surface area (Å²) in [6.07, 6.45) is 6.87. The van der Waals surface area contributed by atoms with E-state index in [1.807, 2.05) is 36.5 Å². The number of pyridine rings is 1. The van der Waals surface area contributed by atoms with Gasteiger partial charge in [-0.05, 0) is 18.1 Å². The molecule has 0 saturated heterocycles. The van der Waals surface area contributed by atoms with E-state index < -0.39 is 0 Å². The number of benzene rings is 1. The molecular formula is C17H19N3O. The van der Waals surface area contributed by atoms with Crippen LogP contribution in [0.15, 0.2) is 54.9 Å². The van der Waals surface area contributed by atoms with Gasteiger partial charge in [-0.3, -0.25) is 4.98 Å². The van der Waals surface area contributed by atoms with Crippen LogP contribution in [-0.4, -0.2) is 23.2 Å². The minimum Gasteiger partial charge on any atom is -0.394 e. The summed E-state index contributed by atoms with van der Waals surface area (Å²) < 4.78 is 0. The Morgan fingerprint density at radius 1 is 1.24 bits per heavy atom. The molecule has 108 valence electrons. The highest BCUT2D eigenvalue weighted by molar-refractivity contribution is 5.67. The van der Waals surface area contributed by atoms with Crippen molar-refractivity contribution in [1.29, 1.82) is 0 Å². The number of hydrogen-bond donors (Lipinski definition) is 3. The van der Waals surface area contributed by atoms with Crippen molar-refractivity contribution in [2.75, 3.05) is 18.5 Å². The van der Waals surface area contributed by atoms with Gasteiger partial charge in [0.25, 0.3) is 0 Å². The number of anilines is 1. The van der Waals surface area contributed by atoms with E-state index in [1.165, 1.54) is 0 Å². The largest absolute Gasteiger partial charge is 0.394 e. The van der Waals surface area contributed by atoms with Crippen molar-refractivity contribution in [2.45, 2.75) is 12.5 Å². The van der Waals surface area contributed by atoms with Crippen LogP contribution in [0.3, 0.4) is 0 Å². The van der Waals surface area contributed by atoms with Crippen LogP contribution in [0.5, 0.6) is 0 Å². The van der Waals surface area contributed by atoms with Crippen molar-refractivity contribution in [3.63, 3.8) is 0 Å². The third kappa shape index (κ3) is 3.23. The van der Waals surface area contributed by atoms with E-state index in [1.54, 1.807) is 6.20 Å². The maximum atomic E-state index is 9.61. The average molecular weight is 281 g/mol. The standard InChI is InChI=1S/C17H19N3O/c21-12-17(13-5-2-1-3-6-13)20-15-9-14(10-18-11-15)16-7-4-8-19-16/h1-3,5-7,9-11,17,19-21H,4,8,12H2/t17-/m0/s1. The molecule has 0 bridgehead atoms. The van der Waals surface area contributed by atoms with Crippen molar-refractivity contribution < 1.29 is 5.11 Å². The molecule has 0 radical (unpaired) electrons. The highest BCUT2D eigenvalue weighted by Crippen LogP contribution is 2.22. The summed E-state index contributed by atoms with van der Waals surface area (Å²) in [5.41, 5.74) is 4.17. The minimum atomic E-state index is -0.131. The molecule has 3 N–H and O–H groups in total. The molecule has 0 saturated carbocycles. The lowest BCUT2D eigenvalue weighted by Crippen LogP contribution is -2.15. The summed E-state index contributed by atoms with van der Waals surface area (Å²) in [5, 5.41) is 16.3. The topological polar surface area (TPSA) is 57.2 Å². The molecule has 1 aliphatic heterocycles. The Labute approximate surface area is 124 Å². The zero-order valence-electron chi connectivity index (χ0n) is 11.8. The van der Waals surface area contributed by atoms with Crippen LogP contribution in [0.2, 0.25) is 0 Å². The van der Waals surface area contributed by atoms with Gasteiger partial charge in [0.2, 0.25) is 0 Å². The molecule has 0 unspecified atom stereocenters. The smallest absolute Gasteiger partial charge is 0.0745 e. The average Bonchev–Trinajstić information content (AvgIpc) is 3.08. The van der Waals surface area contributed by atoms with Crippen LogP contribution < -0.4 is 10.6 Å². The quantitative estimate of drug-likeness (QED) is 0.788. The van der Waals surface area contributed by atoms with Gasteiger partial charge in [0, 0.05) is 30.2 Å². The van der Waals surface area contributed by atoms with Gasteiger partial charge in [0.1, 0.15) is 0 Å². The lowest BCUT2D eigenvalue weighted by atomic mass is 10.1. The van der Waals surface area contributed by atoms with Crippen molar-refractivity contribution in [2.24, 2.45) is 0 Å². The first-order valence-electron chi connectivity index (χ1n) is 7.18. The predicted octanol–water partition coefficient (Wildman–Crippen LogP) is 2.56. The molecule has 2 aromatic rings. The Morgan fingerprint density at radius 3 is 2.81 bits per heavy atom. The van der Waals surface area contributed by atoms with Crippen molar-refractivity contribution in [3.8, 4) is 0 Å². The van der Waals surface area contributed by atoms with Gasteiger partial charge >= 0.3 is 0 Å². The molecule has 0 amide bonds. The Kier molecular flexibility index (Phi) is 4.17. The van der Waals surface area contributed by atoms with Crippen LogP contribution in [0.4, 0.5) is 5.69 Å². The van der Waals surface area contributed by atoms with Crippen LogP contribution in [0.1, 0.15) is 23.6 Å². The fraction of sp³-hybridized carbons (Fsp3) is 0.235. The number of nitrogens with zero attached hydrogens (tertiary/aromatic N) is 1. The van der Waals surface area contributed by atoms with E-state index in [-0.39, 0.29) is 12.6 Å². The maximum Gasteiger partial charge on any atom is 0.0745 e. The summed E-state index contributed by atoms with van der Waals surface area (Å²) in [6, 6.07) is 11.9. The fourth-order valence-electron chi connectivity index (χ4n) is 2.50. The van der Waals surface area contributed by atoms with Crippen molar-refractivity contribution in [3.05, 3.63) is 66.0 Å². The molecule has 0 spiro atoms. The normalized spacial score (nSPS) is 15.2. The lowest BCUT2D eigenvalue weighted by molar-refractivity contribution is 0.276. The van der Waals surface area contributed by atoms with Crippen LogP contribution in [-0.2, 0) is 0 Å². The summed E-state index contributed by atoms with van der Waals surface area (Å²) in [7, 11) is 0. The number of aromatic nitrogens is 1. The molecule has 4 heteroatoms. The van der Waals surface area contributed by atoms with Gasteiger partial charge in [-0.2, -0.15) is 0 Å². The number of aliphatic hydroxyl groups excluding tert-OH is 1. The molecule has 1 aliphatic rings. The number of nitrogens with one attached hydrogen (secondary N) is 2. The van der Waals surface area contributed by atoms with Gasteiger partial charge in [-0.25, -0.2) is 0 Å². The molecule has 2 heterocycles. The predicted molar refractivity (Wildman–Crippen MR) is 84.7 cm³/mol. The van der Waals surface area contributed by atoms with E-state index in [9.17, 15) is 5.11 Å². The molecule has 21 heavy (non-hydrogen) atoms. The maximum absolute atomic E-state index is 9.61. The van der Waals surface area contributed by atoms with E-state index >= 15 is 0 Å². The third-order valence-electron chi connectivity index (χ3n) is 3.58.